The molecule has 0 amide bonds. The summed E-state index contributed by atoms with van der Waals surface area (Å²) in [5, 5.41) is 18.0. The van der Waals surface area contributed by atoms with Crippen LogP contribution in [0.25, 0.3) is 17.1 Å². The van der Waals surface area contributed by atoms with Gasteiger partial charge in [0, 0.05) is 17.4 Å². The van der Waals surface area contributed by atoms with Crippen molar-refractivity contribution >= 4 is 0 Å². The lowest BCUT2D eigenvalue weighted by atomic mass is 10.2. The first-order chi connectivity index (χ1) is 11.2. The summed E-state index contributed by atoms with van der Waals surface area (Å²) in [6.45, 7) is 0. The largest absolute Gasteiger partial charge is 0.497 e. The van der Waals surface area contributed by atoms with E-state index in [1.54, 1.807) is 25.4 Å². The van der Waals surface area contributed by atoms with E-state index in [-0.39, 0.29) is 0 Å². The molecule has 0 spiro atoms. The Morgan fingerprint density at radius 3 is 2.22 bits per heavy atom. The lowest BCUT2D eigenvalue weighted by Crippen LogP contribution is -1.96. The van der Waals surface area contributed by atoms with Crippen LogP contribution in [-0.4, -0.2) is 16.7 Å². The molecule has 0 aliphatic rings. The quantitative estimate of drug-likeness (QED) is 0.744. The highest BCUT2D eigenvalue weighted by molar-refractivity contribution is 5.61. The van der Waals surface area contributed by atoms with E-state index >= 15 is 0 Å². The number of hydrogen-bond acceptors (Lipinski definition) is 4. The summed E-state index contributed by atoms with van der Waals surface area (Å²) in [5.74, 6) is 1.42. The van der Waals surface area contributed by atoms with Crippen LogP contribution >= 0.6 is 0 Å². The molecule has 0 aliphatic heterocycles. The van der Waals surface area contributed by atoms with Crippen LogP contribution in [0.15, 0.2) is 54.7 Å². The molecule has 1 aromatic heterocycles. The smallest absolute Gasteiger partial charge is 0.159 e. The fraction of sp³-hybridized carbons (Fsp3) is 0.0556. The predicted molar refractivity (Wildman–Crippen MR) is 85.0 cm³/mol. The summed E-state index contributed by atoms with van der Waals surface area (Å²) in [6.07, 6.45) is 1.68. The minimum absolute atomic E-state index is 0.333. The fourth-order valence-electron chi connectivity index (χ4n) is 2.27. The summed E-state index contributed by atoms with van der Waals surface area (Å²) in [5.41, 5.74) is 2.63. The molecular formula is C18H12N4O. The minimum atomic E-state index is 0.333. The Morgan fingerprint density at radius 2 is 1.65 bits per heavy atom. The zero-order valence-electron chi connectivity index (χ0n) is 12.4. The number of hydrogen-bond donors (Lipinski definition) is 0. The van der Waals surface area contributed by atoms with E-state index in [1.165, 1.54) is 0 Å². The van der Waals surface area contributed by atoms with Gasteiger partial charge < -0.3 is 4.74 Å². The van der Waals surface area contributed by atoms with Crippen LogP contribution in [0.5, 0.6) is 5.75 Å². The van der Waals surface area contributed by atoms with Crippen molar-refractivity contribution < 1.29 is 4.74 Å². The zero-order chi connectivity index (χ0) is 16.2. The molecule has 0 saturated carbocycles. The molecule has 0 bridgehead atoms. The number of methoxy groups -OCH3 is 1. The molecule has 0 unspecified atom stereocenters. The van der Waals surface area contributed by atoms with Gasteiger partial charge in [0.2, 0.25) is 0 Å². The van der Waals surface area contributed by atoms with Gasteiger partial charge in [-0.1, -0.05) is 0 Å². The number of imidazole rings is 1. The van der Waals surface area contributed by atoms with Crippen molar-refractivity contribution in [3.63, 3.8) is 0 Å². The standard InChI is InChI=1S/C18H12N4O/c1-23-17-8-4-14(5-9-17)18-21-15(11-20)12-22(18)16-6-2-13(10-19)3-7-16/h2-9,12H,1H3. The number of rotatable bonds is 3. The molecule has 1 heterocycles. The molecule has 0 N–H and O–H groups in total. The number of nitrogens with zero attached hydrogens (tertiary/aromatic N) is 4. The van der Waals surface area contributed by atoms with Gasteiger partial charge >= 0.3 is 0 Å². The van der Waals surface area contributed by atoms with E-state index in [0.29, 0.717) is 17.1 Å². The van der Waals surface area contributed by atoms with Crippen LogP contribution in [0.1, 0.15) is 11.3 Å². The van der Waals surface area contributed by atoms with Crippen molar-refractivity contribution in [2.45, 2.75) is 0 Å². The Hall–Kier alpha value is -3.57. The van der Waals surface area contributed by atoms with Gasteiger partial charge in [-0.15, -0.1) is 0 Å². The lowest BCUT2D eigenvalue weighted by Gasteiger charge is -2.08. The number of nitriles is 2. The molecule has 0 atom stereocenters. The first-order valence-electron chi connectivity index (χ1n) is 6.89. The normalized spacial score (nSPS) is 9.87. The van der Waals surface area contributed by atoms with Crippen molar-refractivity contribution in [2.24, 2.45) is 0 Å². The van der Waals surface area contributed by atoms with Crippen molar-refractivity contribution in [3.8, 4) is 35.0 Å². The van der Waals surface area contributed by atoms with Crippen LogP contribution < -0.4 is 4.74 Å². The summed E-state index contributed by atoms with van der Waals surface area (Å²) >= 11 is 0. The van der Waals surface area contributed by atoms with Gasteiger partial charge in [0.1, 0.15) is 17.6 Å². The lowest BCUT2D eigenvalue weighted by molar-refractivity contribution is 0.415. The van der Waals surface area contributed by atoms with Gasteiger partial charge in [0.25, 0.3) is 0 Å². The minimum Gasteiger partial charge on any atom is -0.497 e. The Morgan fingerprint density at radius 1 is 0.957 bits per heavy atom. The van der Waals surface area contributed by atoms with Crippen molar-refractivity contribution in [2.75, 3.05) is 7.11 Å². The van der Waals surface area contributed by atoms with Crippen LogP contribution in [0.4, 0.5) is 0 Å². The van der Waals surface area contributed by atoms with E-state index in [1.807, 2.05) is 41.0 Å². The topological polar surface area (TPSA) is 74.6 Å². The number of benzene rings is 2. The van der Waals surface area contributed by atoms with Gasteiger partial charge in [-0.2, -0.15) is 10.5 Å². The van der Waals surface area contributed by atoms with E-state index in [2.05, 4.69) is 17.1 Å². The SMILES string of the molecule is COc1ccc(-c2nc(C#N)cn2-c2ccc(C#N)cc2)cc1. The molecular weight excluding hydrogens is 288 g/mol. The van der Waals surface area contributed by atoms with E-state index in [0.717, 1.165) is 17.0 Å². The second kappa shape index (κ2) is 6.05. The summed E-state index contributed by atoms with van der Waals surface area (Å²) in [7, 11) is 1.61. The highest BCUT2D eigenvalue weighted by atomic mass is 16.5. The molecule has 2 aromatic carbocycles. The van der Waals surface area contributed by atoms with Crippen molar-refractivity contribution in [1.29, 1.82) is 10.5 Å². The molecule has 0 radical (unpaired) electrons. The third kappa shape index (κ3) is 2.76. The number of ether oxygens (including phenoxy) is 1. The molecule has 3 aromatic rings. The van der Waals surface area contributed by atoms with E-state index in [4.69, 9.17) is 15.3 Å². The Bertz CT molecular complexity index is 910. The average Bonchev–Trinajstić information content (AvgIpc) is 3.06. The average molecular weight is 300 g/mol. The molecule has 3 rings (SSSR count). The molecule has 5 heteroatoms. The maximum Gasteiger partial charge on any atom is 0.159 e. The second-order valence-electron chi connectivity index (χ2n) is 4.82. The van der Waals surface area contributed by atoms with Gasteiger partial charge in [-0.3, -0.25) is 4.57 Å². The van der Waals surface area contributed by atoms with Gasteiger partial charge in [-0.05, 0) is 48.5 Å². The van der Waals surface area contributed by atoms with Crippen molar-refractivity contribution in [3.05, 3.63) is 66.0 Å². The van der Waals surface area contributed by atoms with E-state index < -0.39 is 0 Å². The maximum atomic E-state index is 9.14. The highest BCUT2D eigenvalue weighted by Crippen LogP contribution is 2.25. The molecule has 0 aliphatic carbocycles. The van der Waals surface area contributed by atoms with Crippen LogP contribution in [-0.2, 0) is 0 Å². The highest BCUT2D eigenvalue weighted by Gasteiger charge is 2.12. The third-order valence-electron chi connectivity index (χ3n) is 3.44. The fourth-order valence-corrected chi connectivity index (χ4v) is 2.27. The second-order valence-corrected chi connectivity index (χ2v) is 4.82. The summed E-state index contributed by atoms with van der Waals surface area (Å²) in [6, 6.07) is 18.8. The Labute approximate surface area is 133 Å². The number of aromatic nitrogens is 2. The van der Waals surface area contributed by atoms with Crippen LogP contribution in [0.2, 0.25) is 0 Å². The van der Waals surface area contributed by atoms with E-state index in [9.17, 15) is 0 Å². The first-order valence-corrected chi connectivity index (χ1v) is 6.89. The monoisotopic (exact) mass is 300 g/mol. The molecule has 0 saturated heterocycles. The molecule has 23 heavy (non-hydrogen) atoms. The molecule has 5 nitrogen and oxygen atoms in total. The third-order valence-corrected chi connectivity index (χ3v) is 3.44. The maximum absolute atomic E-state index is 9.14. The van der Waals surface area contributed by atoms with Crippen LogP contribution in [0, 0.1) is 22.7 Å². The Kier molecular flexibility index (Phi) is 3.78. The Balaban J connectivity index is 2.11. The summed E-state index contributed by atoms with van der Waals surface area (Å²) < 4.78 is 7.00. The first kappa shape index (κ1) is 14.4. The van der Waals surface area contributed by atoms with Gasteiger partial charge in [-0.25, -0.2) is 4.98 Å². The molecule has 110 valence electrons. The zero-order valence-corrected chi connectivity index (χ0v) is 12.4. The predicted octanol–water partition coefficient (Wildman–Crippen LogP) is 3.29. The summed E-state index contributed by atoms with van der Waals surface area (Å²) in [4.78, 5) is 4.37. The van der Waals surface area contributed by atoms with Gasteiger partial charge in [0.15, 0.2) is 5.69 Å². The molecule has 0 fully saturated rings. The van der Waals surface area contributed by atoms with Crippen LogP contribution in [0.3, 0.4) is 0 Å². The van der Waals surface area contributed by atoms with Crippen molar-refractivity contribution in [1.82, 2.24) is 9.55 Å². The van der Waals surface area contributed by atoms with Gasteiger partial charge in [0.05, 0.1) is 18.7 Å².